The van der Waals surface area contributed by atoms with Gasteiger partial charge in [-0.15, -0.1) is 0 Å². The second-order valence-electron chi connectivity index (χ2n) is 6.67. The van der Waals surface area contributed by atoms with Crippen LogP contribution in [0.15, 0.2) is 18.2 Å². The first-order valence-electron chi connectivity index (χ1n) is 8.76. The van der Waals surface area contributed by atoms with Crippen LogP contribution in [0.25, 0.3) is 0 Å². The van der Waals surface area contributed by atoms with E-state index in [0.29, 0.717) is 42.9 Å². The number of carboxylic acid groups (broad SMARTS) is 1. The lowest BCUT2D eigenvalue weighted by atomic mass is 9.81. The van der Waals surface area contributed by atoms with Crippen molar-refractivity contribution in [1.29, 1.82) is 0 Å². The summed E-state index contributed by atoms with van der Waals surface area (Å²) in [6, 6.07) is 4.50. The molecule has 0 radical (unpaired) electrons. The smallest absolute Gasteiger partial charge is 0.329 e. The van der Waals surface area contributed by atoms with Gasteiger partial charge in [-0.2, -0.15) is 0 Å². The van der Waals surface area contributed by atoms with Gasteiger partial charge in [0, 0.05) is 18.7 Å². The van der Waals surface area contributed by atoms with Crippen LogP contribution in [-0.2, 0) is 4.79 Å². The van der Waals surface area contributed by atoms with E-state index in [1.165, 1.54) is 12.0 Å². The van der Waals surface area contributed by atoms with Crippen molar-refractivity contribution in [1.82, 2.24) is 10.6 Å². The van der Waals surface area contributed by atoms with Crippen LogP contribution in [0.1, 0.15) is 42.5 Å². The van der Waals surface area contributed by atoms with E-state index in [1.807, 2.05) is 0 Å². The average Bonchev–Trinajstić information content (AvgIpc) is 3.07. The summed E-state index contributed by atoms with van der Waals surface area (Å²) < 4.78 is 5.30. The highest BCUT2D eigenvalue weighted by Gasteiger charge is 2.41. The Morgan fingerprint density at radius 2 is 2.00 bits per heavy atom. The fraction of sp³-hybridized carbons (Fsp3) is 0.500. The van der Waals surface area contributed by atoms with Crippen LogP contribution in [0.5, 0.6) is 5.75 Å². The number of aliphatic carboxylic acids is 1. The quantitative estimate of drug-likeness (QED) is 0.740. The van der Waals surface area contributed by atoms with Crippen molar-refractivity contribution in [2.45, 2.75) is 37.6 Å². The maximum Gasteiger partial charge on any atom is 0.329 e. The van der Waals surface area contributed by atoms with E-state index in [9.17, 15) is 19.5 Å². The molecule has 2 aliphatic rings. The molecule has 1 aromatic rings. The molecule has 0 spiro atoms. The number of hydrogen-bond acceptors (Lipinski definition) is 4. The molecule has 1 saturated carbocycles. The van der Waals surface area contributed by atoms with Gasteiger partial charge in [0.1, 0.15) is 11.3 Å². The Bertz CT molecular complexity index is 728. The Kier molecular flexibility index (Phi) is 5.01. The minimum Gasteiger partial charge on any atom is -0.495 e. The Morgan fingerprint density at radius 1 is 1.27 bits per heavy atom. The molecule has 0 unspecified atom stereocenters. The summed E-state index contributed by atoms with van der Waals surface area (Å²) in [5.41, 5.74) is -0.435. The van der Waals surface area contributed by atoms with Gasteiger partial charge in [-0.25, -0.2) is 9.59 Å². The lowest BCUT2D eigenvalue weighted by molar-refractivity contribution is -0.145. The van der Waals surface area contributed by atoms with Crippen LogP contribution in [0, 0.1) is 0 Å². The van der Waals surface area contributed by atoms with Gasteiger partial charge in [0.2, 0.25) is 0 Å². The van der Waals surface area contributed by atoms with Crippen molar-refractivity contribution >= 4 is 23.6 Å². The molecular formula is C18H23N3O5. The summed E-state index contributed by atoms with van der Waals surface area (Å²) in [5.74, 6) is -0.986. The first kappa shape index (κ1) is 18.0. The van der Waals surface area contributed by atoms with E-state index in [2.05, 4.69) is 10.6 Å². The second kappa shape index (κ2) is 7.23. The van der Waals surface area contributed by atoms with Gasteiger partial charge in [0.25, 0.3) is 5.91 Å². The summed E-state index contributed by atoms with van der Waals surface area (Å²) >= 11 is 0. The number of hydrogen-bond donors (Lipinski definition) is 3. The first-order chi connectivity index (χ1) is 12.5. The van der Waals surface area contributed by atoms with Crippen molar-refractivity contribution in [2.24, 2.45) is 0 Å². The van der Waals surface area contributed by atoms with E-state index in [4.69, 9.17) is 4.74 Å². The number of nitrogens with zero attached hydrogens (tertiary/aromatic N) is 1. The van der Waals surface area contributed by atoms with Crippen molar-refractivity contribution in [3.8, 4) is 5.75 Å². The molecular weight excluding hydrogens is 338 g/mol. The van der Waals surface area contributed by atoms with Crippen LogP contribution in [0.2, 0.25) is 0 Å². The number of carbonyl (C=O) groups is 3. The molecule has 0 atom stereocenters. The molecule has 2 fully saturated rings. The molecule has 3 rings (SSSR count). The third-order valence-electron chi connectivity index (χ3n) is 5.06. The van der Waals surface area contributed by atoms with Gasteiger partial charge in [0.15, 0.2) is 0 Å². The first-order valence-corrected chi connectivity index (χ1v) is 8.76. The zero-order chi connectivity index (χ0) is 18.7. The number of nitrogens with one attached hydrogen (secondary N) is 2. The Hall–Kier alpha value is -2.77. The molecule has 1 heterocycles. The summed E-state index contributed by atoms with van der Waals surface area (Å²) in [6.45, 7) is 0.986. The molecule has 1 aliphatic carbocycles. The predicted molar refractivity (Wildman–Crippen MR) is 94.7 cm³/mol. The largest absolute Gasteiger partial charge is 0.495 e. The number of carbonyl (C=O) groups excluding carboxylic acids is 2. The van der Waals surface area contributed by atoms with Crippen molar-refractivity contribution in [3.63, 3.8) is 0 Å². The fourth-order valence-corrected chi connectivity index (χ4v) is 3.58. The van der Waals surface area contributed by atoms with Crippen molar-refractivity contribution in [2.75, 3.05) is 25.1 Å². The van der Waals surface area contributed by atoms with Crippen LogP contribution >= 0.6 is 0 Å². The second-order valence-corrected chi connectivity index (χ2v) is 6.67. The lowest BCUT2D eigenvalue weighted by Gasteiger charge is -2.34. The van der Waals surface area contributed by atoms with E-state index >= 15 is 0 Å². The molecule has 8 nitrogen and oxygen atoms in total. The summed E-state index contributed by atoms with van der Waals surface area (Å²) in [7, 11) is 1.49. The van der Waals surface area contributed by atoms with E-state index in [-0.39, 0.29) is 6.03 Å². The van der Waals surface area contributed by atoms with Gasteiger partial charge >= 0.3 is 12.0 Å². The van der Waals surface area contributed by atoms with Crippen LogP contribution in [0.4, 0.5) is 10.5 Å². The molecule has 3 amide bonds. The topological polar surface area (TPSA) is 108 Å². The predicted octanol–water partition coefficient (Wildman–Crippen LogP) is 1.74. The number of amides is 3. The number of ether oxygens (including phenoxy) is 1. The Labute approximate surface area is 151 Å². The van der Waals surface area contributed by atoms with Gasteiger partial charge < -0.3 is 20.5 Å². The summed E-state index contributed by atoms with van der Waals surface area (Å²) in [6.07, 6.45) is 3.36. The van der Waals surface area contributed by atoms with Crippen LogP contribution in [-0.4, -0.2) is 48.8 Å². The Balaban J connectivity index is 1.87. The fourth-order valence-electron chi connectivity index (χ4n) is 3.58. The monoisotopic (exact) mass is 361 g/mol. The SMILES string of the molecule is COc1ccc(C(=O)NC2(C(=O)O)CCCCC2)cc1N1CCNC1=O. The standard InChI is InChI=1S/C18H23N3O5/c1-26-14-6-5-12(11-13(14)21-10-9-19-17(21)25)15(22)20-18(16(23)24)7-3-2-4-8-18/h5-6,11H,2-4,7-10H2,1H3,(H,19,25)(H,20,22)(H,23,24). The number of carboxylic acids is 1. The van der Waals surface area contributed by atoms with Gasteiger partial charge in [-0.1, -0.05) is 19.3 Å². The molecule has 26 heavy (non-hydrogen) atoms. The Morgan fingerprint density at radius 3 is 2.58 bits per heavy atom. The molecule has 0 bridgehead atoms. The highest BCUT2D eigenvalue weighted by molar-refractivity contribution is 6.01. The highest BCUT2D eigenvalue weighted by atomic mass is 16.5. The number of anilines is 1. The molecule has 1 saturated heterocycles. The van der Waals surface area contributed by atoms with Crippen LogP contribution in [0.3, 0.4) is 0 Å². The highest BCUT2D eigenvalue weighted by Crippen LogP contribution is 2.32. The maximum atomic E-state index is 12.7. The molecule has 8 heteroatoms. The molecule has 140 valence electrons. The van der Waals surface area contributed by atoms with Gasteiger partial charge in [-0.3, -0.25) is 9.69 Å². The zero-order valence-electron chi connectivity index (χ0n) is 14.7. The lowest BCUT2D eigenvalue weighted by Crippen LogP contribution is -2.55. The molecule has 0 aromatic heterocycles. The summed E-state index contributed by atoms with van der Waals surface area (Å²) in [5, 5.41) is 15.1. The zero-order valence-corrected chi connectivity index (χ0v) is 14.7. The van der Waals surface area contributed by atoms with Crippen molar-refractivity contribution in [3.05, 3.63) is 23.8 Å². The van der Waals surface area contributed by atoms with E-state index in [1.54, 1.807) is 18.2 Å². The van der Waals surface area contributed by atoms with Gasteiger partial charge in [-0.05, 0) is 31.0 Å². The third-order valence-corrected chi connectivity index (χ3v) is 5.06. The summed E-state index contributed by atoms with van der Waals surface area (Å²) in [4.78, 5) is 38.0. The normalized spacial score (nSPS) is 19.0. The van der Waals surface area contributed by atoms with E-state index < -0.39 is 17.4 Å². The van der Waals surface area contributed by atoms with E-state index in [0.717, 1.165) is 19.3 Å². The molecule has 3 N–H and O–H groups in total. The van der Waals surface area contributed by atoms with Gasteiger partial charge in [0.05, 0.1) is 12.8 Å². The van der Waals surface area contributed by atoms with Crippen LogP contribution < -0.4 is 20.3 Å². The number of benzene rings is 1. The average molecular weight is 361 g/mol. The minimum atomic E-state index is -1.22. The minimum absolute atomic E-state index is 0.254. The number of methoxy groups -OCH3 is 1. The molecule has 1 aliphatic heterocycles. The third kappa shape index (κ3) is 3.31. The maximum absolute atomic E-state index is 12.7. The van der Waals surface area contributed by atoms with Crippen molar-refractivity contribution < 1.29 is 24.2 Å². The molecule has 1 aromatic carbocycles. The number of rotatable bonds is 5. The number of urea groups is 1.